The highest BCUT2D eigenvalue weighted by molar-refractivity contribution is 5.86. The molecule has 1 saturated carbocycles. The first-order chi connectivity index (χ1) is 8.14. The lowest BCUT2D eigenvalue weighted by atomic mass is 9.97. The van der Waals surface area contributed by atoms with Crippen LogP contribution in [-0.4, -0.2) is 42.5 Å². The van der Waals surface area contributed by atoms with Gasteiger partial charge in [0.05, 0.1) is 5.54 Å². The summed E-state index contributed by atoms with van der Waals surface area (Å²) in [7, 11) is 0. The van der Waals surface area contributed by atoms with Gasteiger partial charge in [-0.1, -0.05) is 19.8 Å². The van der Waals surface area contributed by atoms with Crippen molar-refractivity contribution >= 4 is 30.7 Å². The summed E-state index contributed by atoms with van der Waals surface area (Å²) in [6.07, 6.45) is 5.09. The second-order valence-electron chi connectivity index (χ2n) is 5.62. The molecule has 1 unspecified atom stereocenters. The van der Waals surface area contributed by atoms with E-state index >= 15 is 0 Å². The summed E-state index contributed by atoms with van der Waals surface area (Å²) < 4.78 is 0. The van der Waals surface area contributed by atoms with Crippen molar-refractivity contribution in [1.29, 1.82) is 0 Å². The van der Waals surface area contributed by atoms with E-state index < -0.39 is 5.54 Å². The van der Waals surface area contributed by atoms with Crippen molar-refractivity contribution in [3.05, 3.63) is 0 Å². The molecule has 114 valence electrons. The standard InChI is InChI=1S/C13H25N3O.2ClH/c1-2-16-8-5-11(10-16)9-15-12(17)13(14)6-3-4-7-13;;/h11H,2-10,14H2,1H3,(H,15,17);2*1H. The molecule has 2 fully saturated rings. The third-order valence-electron chi connectivity index (χ3n) is 4.32. The number of hydrogen-bond donors (Lipinski definition) is 2. The minimum atomic E-state index is -0.566. The number of rotatable bonds is 4. The van der Waals surface area contributed by atoms with Gasteiger partial charge in [-0.25, -0.2) is 0 Å². The summed E-state index contributed by atoms with van der Waals surface area (Å²) in [5.41, 5.74) is 5.55. The molecular formula is C13H27Cl2N3O. The van der Waals surface area contributed by atoms with Crippen LogP contribution in [0.2, 0.25) is 0 Å². The van der Waals surface area contributed by atoms with Gasteiger partial charge in [-0.2, -0.15) is 0 Å². The summed E-state index contributed by atoms with van der Waals surface area (Å²) in [4.78, 5) is 14.5. The van der Waals surface area contributed by atoms with Gasteiger partial charge in [-0.3, -0.25) is 4.79 Å². The second kappa shape index (κ2) is 8.30. The fourth-order valence-corrected chi connectivity index (χ4v) is 3.01. The Morgan fingerprint density at radius 1 is 1.37 bits per heavy atom. The molecule has 0 aromatic carbocycles. The second-order valence-corrected chi connectivity index (χ2v) is 5.62. The fourth-order valence-electron chi connectivity index (χ4n) is 3.01. The molecule has 2 aliphatic rings. The Bertz CT molecular complexity index is 283. The van der Waals surface area contributed by atoms with Crippen LogP contribution in [0.5, 0.6) is 0 Å². The fraction of sp³-hybridized carbons (Fsp3) is 0.923. The molecule has 0 aromatic rings. The minimum absolute atomic E-state index is 0. The number of carbonyl (C=O) groups excluding carboxylic acids is 1. The van der Waals surface area contributed by atoms with Gasteiger partial charge in [0.1, 0.15) is 0 Å². The maximum absolute atomic E-state index is 12.0. The van der Waals surface area contributed by atoms with Crippen LogP contribution in [0.25, 0.3) is 0 Å². The van der Waals surface area contributed by atoms with Crippen molar-refractivity contribution < 1.29 is 4.79 Å². The predicted molar refractivity (Wildman–Crippen MR) is 83.1 cm³/mol. The van der Waals surface area contributed by atoms with Crippen LogP contribution in [0.3, 0.4) is 0 Å². The molecule has 0 bridgehead atoms. The number of nitrogens with one attached hydrogen (secondary N) is 1. The van der Waals surface area contributed by atoms with Crippen LogP contribution >= 0.6 is 24.8 Å². The van der Waals surface area contributed by atoms with E-state index in [1.165, 1.54) is 13.0 Å². The maximum atomic E-state index is 12.0. The normalized spacial score (nSPS) is 25.5. The molecule has 4 nitrogen and oxygen atoms in total. The van der Waals surface area contributed by atoms with Crippen molar-refractivity contribution in [2.75, 3.05) is 26.2 Å². The van der Waals surface area contributed by atoms with E-state index in [-0.39, 0.29) is 30.7 Å². The molecule has 1 amide bonds. The van der Waals surface area contributed by atoms with Crippen molar-refractivity contribution in [2.45, 2.75) is 44.6 Å². The zero-order valence-electron chi connectivity index (χ0n) is 11.7. The number of nitrogens with zero attached hydrogens (tertiary/aromatic N) is 1. The molecule has 1 aliphatic heterocycles. The highest BCUT2D eigenvalue weighted by Crippen LogP contribution is 2.27. The largest absolute Gasteiger partial charge is 0.354 e. The van der Waals surface area contributed by atoms with Crippen molar-refractivity contribution in [3.63, 3.8) is 0 Å². The Morgan fingerprint density at radius 2 is 2.00 bits per heavy atom. The number of hydrogen-bond acceptors (Lipinski definition) is 3. The number of carbonyl (C=O) groups is 1. The van der Waals surface area contributed by atoms with E-state index in [0.29, 0.717) is 5.92 Å². The molecule has 19 heavy (non-hydrogen) atoms. The van der Waals surface area contributed by atoms with E-state index in [0.717, 1.165) is 45.3 Å². The Labute approximate surface area is 128 Å². The van der Waals surface area contributed by atoms with E-state index in [9.17, 15) is 4.79 Å². The highest BCUT2D eigenvalue weighted by atomic mass is 35.5. The lowest BCUT2D eigenvalue weighted by Crippen LogP contribution is -2.52. The first kappa shape index (κ1) is 19.0. The molecule has 1 heterocycles. The van der Waals surface area contributed by atoms with Crippen molar-refractivity contribution in [3.8, 4) is 0 Å². The molecule has 0 aromatic heterocycles. The molecule has 2 rings (SSSR count). The van der Waals surface area contributed by atoms with E-state index in [4.69, 9.17) is 5.73 Å². The number of halogens is 2. The van der Waals surface area contributed by atoms with Gasteiger partial charge in [-0.05, 0) is 38.3 Å². The Balaban J connectivity index is 0.00000162. The molecule has 6 heteroatoms. The third kappa shape index (κ3) is 4.78. The SMILES string of the molecule is CCN1CCC(CNC(=O)C2(N)CCCC2)C1.Cl.Cl. The van der Waals surface area contributed by atoms with E-state index in [2.05, 4.69) is 17.1 Å². The van der Waals surface area contributed by atoms with Gasteiger partial charge in [0.25, 0.3) is 0 Å². The average molecular weight is 312 g/mol. The van der Waals surface area contributed by atoms with Crippen LogP contribution in [0.4, 0.5) is 0 Å². The van der Waals surface area contributed by atoms with Crippen LogP contribution in [0.15, 0.2) is 0 Å². The topological polar surface area (TPSA) is 58.4 Å². The van der Waals surface area contributed by atoms with Crippen LogP contribution in [-0.2, 0) is 4.79 Å². The zero-order chi connectivity index (χ0) is 12.3. The summed E-state index contributed by atoms with van der Waals surface area (Å²) in [5, 5.41) is 3.06. The van der Waals surface area contributed by atoms with Crippen LogP contribution < -0.4 is 11.1 Å². The maximum Gasteiger partial charge on any atom is 0.240 e. The molecule has 0 radical (unpaired) electrons. The Morgan fingerprint density at radius 3 is 2.53 bits per heavy atom. The zero-order valence-corrected chi connectivity index (χ0v) is 13.3. The molecule has 1 atom stereocenters. The first-order valence-electron chi connectivity index (χ1n) is 6.93. The van der Waals surface area contributed by atoms with Gasteiger partial charge < -0.3 is 16.0 Å². The number of amides is 1. The molecular weight excluding hydrogens is 285 g/mol. The molecule has 0 spiro atoms. The Hall–Kier alpha value is -0.0300. The van der Waals surface area contributed by atoms with E-state index in [1.807, 2.05) is 0 Å². The molecule has 1 aliphatic carbocycles. The van der Waals surface area contributed by atoms with E-state index in [1.54, 1.807) is 0 Å². The van der Waals surface area contributed by atoms with Crippen LogP contribution in [0.1, 0.15) is 39.0 Å². The first-order valence-corrected chi connectivity index (χ1v) is 6.93. The number of likely N-dealkylation sites (tertiary alicyclic amines) is 1. The molecule has 3 N–H and O–H groups in total. The quantitative estimate of drug-likeness (QED) is 0.828. The lowest BCUT2D eigenvalue weighted by molar-refractivity contribution is -0.126. The smallest absolute Gasteiger partial charge is 0.240 e. The van der Waals surface area contributed by atoms with Gasteiger partial charge in [0.15, 0.2) is 0 Å². The van der Waals surface area contributed by atoms with Gasteiger partial charge in [0.2, 0.25) is 5.91 Å². The van der Waals surface area contributed by atoms with Gasteiger partial charge in [-0.15, -0.1) is 24.8 Å². The monoisotopic (exact) mass is 311 g/mol. The van der Waals surface area contributed by atoms with Crippen LogP contribution in [0, 0.1) is 5.92 Å². The third-order valence-corrected chi connectivity index (χ3v) is 4.32. The number of nitrogens with two attached hydrogens (primary N) is 1. The Kier molecular flexibility index (Phi) is 8.29. The lowest BCUT2D eigenvalue weighted by Gasteiger charge is -2.23. The summed E-state index contributed by atoms with van der Waals surface area (Å²) in [6, 6.07) is 0. The average Bonchev–Trinajstić information content (AvgIpc) is 2.95. The van der Waals surface area contributed by atoms with Gasteiger partial charge >= 0.3 is 0 Å². The van der Waals surface area contributed by atoms with Gasteiger partial charge in [0, 0.05) is 13.1 Å². The van der Waals surface area contributed by atoms with Crippen molar-refractivity contribution in [2.24, 2.45) is 11.7 Å². The summed E-state index contributed by atoms with van der Waals surface area (Å²) >= 11 is 0. The summed E-state index contributed by atoms with van der Waals surface area (Å²) in [5.74, 6) is 0.689. The summed E-state index contributed by atoms with van der Waals surface area (Å²) in [6.45, 7) is 6.40. The highest BCUT2D eigenvalue weighted by Gasteiger charge is 2.37. The minimum Gasteiger partial charge on any atom is -0.354 e. The van der Waals surface area contributed by atoms with Crippen molar-refractivity contribution in [1.82, 2.24) is 10.2 Å². The molecule has 1 saturated heterocycles. The predicted octanol–water partition coefficient (Wildman–Crippen LogP) is 1.56.